The molecule has 0 saturated carbocycles. The van der Waals surface area contributed by atoms with Gasteiger partial charge >= 0.3 is 0 Å². The maximum Gasteiger partial charge on any atom is 0.234 e. The van der Waals surface area contributed by atoms with Gasteiger partial charge in [0, 0.05) is 0 Å². The van der Waals surface area contributed by atoms with Gasteiger partial charge in [-0.1, -0.05) is 13.8 Å². The van der Waals surface area contributed by atoms with E-state index in [2.05, 4.69) is 15.5 Å². The van der Waals surface area contributed by atoms with Crippen LogP contribution in [0, 0.1) is 11.8 Å². The zero-order chi connectivity index (χ0) is 15.8. The highest BCUT2D eigenvalue weighted by molar-refractivity contribution is 5.88. The highest BCUT2D eigenvalue weighted by Gasteiger charge is 2.24. The molecule has 0 radical (unpaired) electrons. The number of ketones is 1. The quantitative estimate of drug-likeness (QED) is 0.703. The molecule has 0 spiro atoms. The van der Waals surface area contributed by atoms with Gasteiger partial charge in [-0.05, 0) is 64.7 Å². The molecule has 21 heavy (non-hydrogen) atoms. The first-order valence-corrected chi connectivity index (χ1v) is 8.10. The van der Waals surface area contributed by atoms with Gasteiger partial charge in [-0.15, -0.1) is 0 Å². The Morgan fingerprint density at radius 1 is 1.24 bits per heavy atom. The van der Waals surface area contributed by atoms with Crippen molar-refractivity contribution < 1.29 is 9.59 Å². The minimum absolute atomic E-state index is 0.0300. The fourth-order valence-electron chi connectivity index (χ4n) is 2.94. The van der Waals surface area contributed by atoms with E-state index in [0.29, 0.717) is 6.54 Å². The Morgan fingerprint density at radius 3 is 2.33 bits per heavy atom. The number of Topliss-reactive ketones (excluding diaryl/α,β-unsaturated/α-hetero) is 1. The van der Waals surface area contributed by atoms with Crippen LogP contribution in [-0.4, -0.2) is 55.9 Å². The van der Waals surface area contributed by atoms with Gasteiger partial charge in [-0.2, -0.15) is 0 Å². The smallest absolute Gasteiger partial charge is 0.234 e. The van der Waals surface area contributed by atoms with Crippen LogP contribution < -0.4 is 10.6 Å². The fourth-order valence-corrected chi connectivity index (χ4v) is 2.94. The Bertz CT molecular complexity index is 336. The van der Waals surface area contributed by atoms with Crippen LogP contribution in [-0.2, 0) is 9.59 Å². The van der Waals surface area contributed by atoms with Crippen molar-refractivity contribution in [2.45, 2.75) is 46.1 Å². The summed E-state index contributed by atoms with van der Waals surface area (Å²) < 4.78 is 0. The van der Waals surface area contributed by atoms with Gasteiger partial charge in [0.15, 0.2) is 5.78 Å². The summed E-state index contributed by atoms with van der Waals surface area (Å²) >= 11 is 0. The maximum atomic E-state index is 12.1. The number of amides is 1. The molecule has 0 aromatic rings. The summed E-state index contributed by atoms with van der Waals surface area (Å²) in [7, 11) is 1.99. The summed E-state index contributed by atoms with van der Waals surface area (Å²) in [5, 5.41) is 6.06. The van der Waals surface area contributed by atoms with Gasteiger partial charge in [-0.25, -0.2) is 0 Å². The second-order valence-corrected chi connectivity index (χ2v) is 6.51. The number of carbonyl (C=O) groups excluding carboxylic acids is 2. The molecule has 2 N–H and O–H groups in total. The normalized spacial score (nSPS) is 18.7. The first-order valence-electron chi connectivity index (χ1n) is 8.10. The van der Waals surface area contributed by atoms with Crippen molar-refractivity contribution in [3.05, 3.63) is 0 Å². The molecule has 5 heteroatoms. The molecule has 0 aromatic heterocycles. The van der Waals surface area contributed by atoms with Crippen LogP contribution in [0.3, 0.4) is 0 Å². The van der Waals surface area contributed by atoms with Crippen molar-refractivity contribution >= 4 is 11.7 Å². The average Bonchev–Trinajstić information content (AvgIpc) is 2.43. The highest BCUT2D eigenvalue weighted by atomic mass is 16.2. The van der Waals surface area contributed by atoms with E-state index in [9.17, 15) is 9.59 Å². The number of hydrogen-bond donors (Lipinski definition) is 2. The minimum Gasteiger partial charge on any atom is -0.345 e. The Labute approximate surface area is 128 Å². The number of carbonyl (C=O) groups is 2. The monoisotopic (exact) mass is 297 g/mol. The lowest BCUT2D eigenvalue weighted by atomic mass is 9.93. The zero-order valence-electron chi connectivity index (χ0n) is 13.9. The summed E-state index contributed by atoms with van der Waals surface area (Å²) in [6.45, 7) is 8.90. The Kier molecular flexibility index (Phi) is 7.89. The van der Waals surface area contributed by atoms with Crippen molar-refractivity contribution in [1.29, 1.82) is 0 Å². The van der Waals surface area contributed by atoms with Crippen LogP contribution >= 0.6 is 0 Å². The number of nitrogens with zero attached hydrogens (tertiary/aromatic N) is 1. The minimum atomic E-state index is -0.356. The Balaban J connectivity index is 2.31. The van der Waals surface area contributed by atoms with E-state index >= 15 is 0 Å². The molecule has 1 fully saturated rings. The van der Waals surface area contributed by atoms with Crippen LogP contribution in [0.25, 0.3) is 0 Å². The number of hydrogen-bond acceptors (Lipinski definition) is 4. The summed E-state index contributed by atoms with van der Waals surface area (Å²) in [4.78, 5) is 25.8. The first kappa shape index (κ1) is 18.1. The predicted molar refractivity (Wildman–Crippen MR) is 85.2 cm³/mol. The SMILES string of the molecule is CNCCC1CCN(CC(=O)NC(C(C)=O)C(C)C)CC1. The molecule has 1 aliphatic rings. The molecule has 0 aliphatic carbocycles. The van der Waals surface area contributed by atoms with Crippen LogP contribution in [0.1, 0.15) is 40.0 Å². The second kappa shape index (κ2) is 9.15. The van der Waals surface area contributed by atoms with E-state index < -0.39 is 0 Å². The lowest BCUT2D eigenvalue weighted by Crippen LogP contribution is -2.48. The van der Waals surface area contributed by atoms with E-state index in [4.69, 9.17) is 0 Å². The number of piperidine rings is 1. The van der Waals surface area contributed by atoms with Crippen LogP contribution in [0.15, 0.2) is 0 Å². The van der Waals surface area contributed by atoms with Crippen LogP contribution in [0.5, 0.6) is 0 Å². The second-order valence-electron chi connectivity index (χ2n) is 6.51. The van der Waals surface area contributed by atoms with E-state index in [1.165, 1.54) is 13.3 Å². The van der Waals surface area contributed by atoms with Crippen molar-refractivity contribution in [3.63, 3.8) is 0 Å². The molecule has 1 heterocycles. The molecule has 122 valence electrons. The Morgan fingerprint density at radius 2 is 1.86 bits per heavy atom. The summed E-state index contributed by atoms with van der Waals surface area (Å²) in [5.41, 5.74) is 0. The van der Waals surface area contributed by atoms with Gasteiger partial charge < -0.3 is 10.6 Å². The maximum absolute atomic E-state index is 12.1. The molecule has 1 rings (SSSR count). The van der Waals surface area contributed by atoms with Gasteiger partial charge in [-0.3, -0.25) is 14.5 Å². The zero-order valence-corrected chi connectivity index (χ0v) is 13.9. The molecule has 1 unspecified atom stereocenters. The predicted octanol–water partition coefficient (Wildman–Crippen LogP) is 1.04. The van der Waals surface area contributed by atoms with Crippen molar-refractivity contribution in [2.24, 2.45) is 11.8 Å². The van der Waals surface area contributed by atoms with E-state index in [1.54, 1.807) is 0 Å². The van der Waals surface area contributed by atoms with Crippen molar-refractivity contribution in [1.82, 2.24) is 15.5 Å². The van der Waals surface area contributed by atoms with Crippen LogP contribution in [0.2, 0.25) is 0 Å². The molecule has 0 aromatic carbocycles. The average molecular weight is 297 g/mol. The molecule has 1 atom stereocenters. The van der Waals surface area contributed by atoms with Crippen molar-refractivity contribution in [2.75, 3.05) is 33.2 Å². The third-order valence-electron chi connectivity index (χ3n) is 4.30. The number of likely N-dealkylation sites (tertiary alicyclic amines) is 1. The van der Waals surface area contributed by atoms with E-state index in [-0.39, 0.29) is 23.7 Å². The number of rotatable bonds is 8. The molecule has 5 nitrogen and oxygen atoms in total. The van der Waals surface area contributed by atoms with Crippen LogP contribution in [0.4, 0.5) is 0 Å². The topological polar surface area (TPSA) is 61.4 Å². The molecular weight excluding hydrogens is 266 g/mol. The van der Waals surface area contributed by atoms with Gasteiger partial charge in [0.25, 0.3) is 0 Å². The fraction of sp³-hybridized carbons (Fsp3) is 0.875. The molecule has 1 amide bonds. The van der Waals surface area contributed by atoms with E-state index in [0.717, 1.165) is 38.4 Å². The molecule has 1 aliphatic heterocycles. The summed E-state index contributed by atoms with van der Waals surface area (Å²) in [6.07, 6.45) is 3.54. The van der Waals surface area contributed by atoms with Gasteiger partial charge in [0.1, 0.15) is 0 Å². The molecule has 0 bridgehead atoms. The first-order chi connectivity index (χ1) is 9.93. The van der Waals surface area contributed by atoms with Crippen molar-refractivity contribution in [3.8, 4) is 0 Å². The lowest BCUT2D eigenvalue weighted by molar-refractivity contribution is -0.128. The van der Waals surface area contributed by atoms with Gasteiger partial charge in [0.2, 0.25) is 5.91 Å². The summed E-state index contributed by atoms with van der Waals surface area (Å²) in [6, 6.07) is -0.356. The Hall–Kier alpha value is -0.940. The highest BCUT2D eigenvalue weighted by Crippen LogP contribution is 2.19. The largest absolute Gasteiger partial charge is 0.345 e. The standard InChI is InChI=1S/C16H31N3O2/c1-12(2)16(13(3)20)18-15(21)11-19-9-6-14(7-10-19)5-8-17-4/h12,14,16-17H,5-11H2,1-4H3,(H,18,21). The molecular formula is C16H31N3O2. The van der Waals surface area contributed by atoms with E-state index in [1.807, 2.05) is 20.9 Å². The summed E-state index contributed by atoms with van der Waals surface area (Å²) in [5.74, 6) is 0.915. The van der Waals surface area contributed by atoms with Gasteiger partial charge in [0.05, 0.1) is 12.6 Å². The molecule has 1 saturated heterocycles. The number of nitrogens with one attached hydrogen (secondary N) is 2. The third kappa shape index (κ3) is 6.57. The lowest BCUT2D eigenvalue weighted by Gasteiger charge is -2.32. The third-order valence-corrected chi connectivity index (χ3v) is 4.30.